The monoisotopic (exact) mass is 260 g/mol. The smallest absolute Gasteiger partial charge is 0.223 e. The second kappa shape index (κ2) is 6.86. The van der Waals surface area contributed by atoms with Crippen molar-refractivity contribution in [2.24, 2.45) is 0 Å². The number of carbonyl (C=O) groups excluding carboxylic acids is 2. The first-order valence-electron chi connectivity index (χ1n) is 5.75. The van der Waals surface area contributed by atoms with Crippen LogP contribution in [0.2, 0.25) is 0 Å². The molecule has 0 spiro atoms. The highest BCUT2D eigenvalue weighted by Crippen LogP contribution is 2.07. The molecule has 98 valence electrons. The molecule has 6 heteroatoms. The fourth-order valence-corrected chi connectivity index (χ4v) is 2.23. The van der Waals surface area contributed by atoms with Gasteiger partial charge in [0.15, 0.2) is 0 Å². The van der Waals surface area contributed by atoms with E-state index in [9.17, 15) is 14.7 Å². The van der Waals surface area contributed by atoms with Gasteiger partial charge < -0.3 is 14.9 Å². The van der Waals surface area contributed by atoms with E-state index in [1.807, 2.05) is 6.26 Å². The lowest BCUT2D eigenvalue weighted by Gasteiger charge is -2.21. The van der Waals surface area contributed by atoms with Gasteiger partial charge in [0.1, 0.15) is 0 Å². The zero-order chi connectivity index (χ0) is 12.8. The average Bonchev–Trinajstić information content (AvgIpc) is 2.48. The molecule has 1 saturated heterocycles. The molecule has 1 N–H and O–H groups in total. The Labute approximate surface area is 106 Å². The summed E-state index contributed by atoms with van der Waals surface area (Å²) in [5.41, 5.74) is 0. The number of amides is 2. The average molecular weight is 260 g/mol. The molecule has 0 saturated carbocycles. The highest BCUT2D eigenvalue weighted by Gasteiger charge is 2.24. The molecule has 1 aliphatic heterocycles. The summed E-state index contributed by atoms with van der Waals surface area (Å²) in [6.45, 7) is 3.16. The van der Waals surface area contributed by atoms with Crippen molar-refractivity contribution in [3.05, 3.63) is 0 Å². The fraction of sp³-hybridized carbons (Fsp3) is 0.818. The molecule has 2 amide bonds. The first-order chi connectivity index (χ1) is 8.04. The number of hydrogen-bond donors (Lipinski definition) is 1. The van der Waals surface area contributed by atoms with E-state index in [4.69, 9.17) is 0 Å². The van der Waals surface area contributed by atoms with E-state index in [1.165, 1.54) is 6.92 Å². The minimum Gasteiger partial charge on any atom is -0.389 e. The van der Waals surface area contributed by atoms with Gasteiger partial charge in [0.25, 0.3) is 0 Å². The summed E-state index contributed by atoms with van der Waals surface area (Å²) < 4.78 is 0. The van der Waals surface area contributed by atoms with E-state index in [0.29, 0.717) is 32.6 Å². The van der Waals surface area contributed by atoms with Gasteiger partial charge in [-0.2, -0.15) is 11.8 Å². The van der Waals surface area contributed by atoms with E-state index in [2.05, 4.69) is 0 Å². The number of thioether (sulfide) groups is 1. The summed E-state index contributed by atoms with van der Waals surface area (Å²) in [6.07, 6.45) is 1.82. The maximum atomic E-state index is 11.8. The molecule has 0 bridgehead atoms. The molecule has 1 aliphatic rings. The Morgan fingerprint density at radius 1 is 1.29 bits per heavy atom. The largest absolute Gasteiger partial charge is 0.389 e. The summed E-state index contributed by atoms with van der Waals surface area (Å²) in [4.78, 5) is 26.3. The Bertz CT molecular complexity index is 286. The summed E-state index contributed by atoms with van der Waals surface area (Å²) in [6, 6.07) is 0. The third-order valence-electron chi connectivity index (χ3n) is 2.82. The van der Waals surface area contributed by atoms with Gasteiger partial charge >= 0.3 is 0 Å². The molecule has 0 aliphatic carbocycles. The van der Waals surface area contributed by atoms with E-state index < -0.39 is 6.10 Å². The molecule has 0 aromatic carbocycles. The predicted octanol–water partition coefficient (Wildman–Crippen LogP) is -0.209. The van der Waals surface area contributed by atoms with E-state index in [0.717, 1.165) is 5.75 Å². The molecule has 1 unspecified atom stereocenters. The minimum atomic E-state index is -0.639. The van der Waals surface area contributed by atoms with Crippen LogP contribution in [0.25, 0.3) is 0 Å². The fourth-order valence-electron chi connectivity index (χ4n) is 1.85. The van der Waals surface area contributed by atoms with Crippen molar-refractivity contribution in [2.75, 3.05) is 38.2 Å². The van der Waals surface area contributed by atoms with Crippen molar-refractivity contribution >= 4 is 23.6 Å². The SMILES string of the molecule is CSCCC(=O)N1CCN(C(C)=O)CC(O)C1. The Morgan fingerprint density at radius 2 is 1.88 bits per heavy atom. The number of β-amino-alcohol motifs (C(OH)–C–C–N with tert-alkyl or cyclic N) is 1. The van der Waals surface area contributed by atoms with Crippen LogP contribution in [0.3, 0.4) is 0 Å². The zero-order valence-electron chi connectivity index (χ0n) is 10.4. The van der Waals surface area contributed by atoms with Crippen LogP contribution in [0.4, 0.5) is 0 Å². The van der Waals surface area contributed by atoms with Gasteiger partial charge in [-0.3, -0.25) is 9.59 Å². The van der Waals surface area contributed by atoms with Gasteiger partial charge in [-0.15, -0.1) is 0 Å². The maximum absolute atomic E-state index is 11.8. The number of nitrogens with zero attached hydrogens (tertiary/aromatic N) is 2. The van der Waals surface area contributed by atoms with E-state index in [1.54, 1.807) is 21.6 Å². The molecule has 0 aromatic heterocycles. The lowest BCUT2D eigenvalue weighted by Crippen LogP contribution is -2.37. The van der Waals surface area contributed by atoms with Crippen molar-refractivity contribution < 1.29 is 14.7 Å². The van der Waals surface area contributed by atoms with Gasteiger partial charge in [0.05, 0.1) is 6.10 Å². The van der Waals surface area contributed by atoms with Crippen LogP contribution in [0.5, 0.6) is 0 Å². The van der Waals surface area contributed by atoms with Crippen LogP contribution < -0.4 is 0 Å². The van der Waals surface area contributed by atoms with Crippen LogP contribution in [0.1, 0.15) is 13.3 Å². The van der Waals surface area contributed by atoms with Gasteiger partial charge in [0, 0.05) is 45.3 Å². The summed E-state index contributed by atoms with van der Waals surface area (Å²) in [7, 11) is 0. The molecule has 1 atom stereocenters. The van der Waals surface area contributed by atoms with Crippen molar-refractivity contribution in [1.29, 1.82) is 0 Å². The first-order valence-corrected chi connectivity index (χ1v) is 7.14. The molecular formula is C11H20N2O3S. The van der Waals surface area contributed by atoms with Crippen LogP contribution in [0, 0.1) is 0 Å². The summed E-state index contributed by atoms with van der Waals surface area (Å²) in [5, 5.41) is 9.76. The number of aliphatic hydroxyl groups is 1. The molecule has 0 aromatic rings. The number of rotatable bonds is 3. The van der Waals surface area contributed by atoms with Gasteiger partial charge in [0.2, 0.25) is 11.8 Å². The van der Waals surface area contributed by atoms with Crippen molar-refractivity contribution in [3.63, 3.8) is 0 Å². The Hall–Kier alpha value is -0.750. The third kappa shape index (κ3) is 4.55. The van der Waals surface area contributed by atoms with E-state index >= 15 is 0 Å². The summed E-state index contributed by atoms with van der Waals surface area (Å²) >= 11 is 1.63. The second-order valence-electron chi connectivity index (χ2n) is 4.20. The molecule has 5 nitrogen and oxygen atoms in total. The van der Waals surface area contributed by atoms with Crippen LogP contribution in [-0.4, -0.2) is 71.0 Å². The zero-order valence-corrected chi connectivity index (χ0v) is 11.2. The molecule has 1 heterocycles. The van der Waals surface area contributed by atoms with Gasteiger partial charge in [-0.1, -0.05) is 0 Å². The molecule has 17 heavy (non-hydrogen) atoms. The van der Waals surface area contributed by atoms with Crippen LogP contribution >= 0.6 is 11.8 Å². The topological polar surface area (TPSA) is 60.9 Å². The first kappa shape index (κ1) is 14.3. The van der Waals surface area contributed by atoms with Crippen molar-refractivity contribution in [3.8, 4) is 0 Å². The number of hydrogen-bond acceptors (Lipinski definition) is 4. The van der Waals surface area contributed by atoms with Crippen molar-refractivity contribution in [2.45, 2.75) is 19.4 Å². The number of aliphatic hydroxyl groups excluding tert-OH is 1. The molecule has 0 radical (unpaired) electrons. The highest BCUT2D eigenvalue weighted by atomic mass is 32.2. The standard InChI is InChI=1S/C11H20N2O3S/c1-9(14)12-4-5-13(8-10(15)7-12)11(16)3-6-17-2/h10,15H,3-8H2,1-2H3. The lowest BCUT2D eigenvalue weighted by molar-refractivity contribution is -0.132. The lowest BCUT2D eigenvalue weighted by atomic mass is 10.3. The third-order valence-corrected chi connectivity index (χ3v) is 3.43. The van der Waals surface area contributed by atoms with Crippen molar-refractivity contribution in [1.82, 2.24) is 9.80 Å². The molecular weight excluding hydrogens is 240 g/mol. The Balaban J connectivity index is 2.53. The summed E-state index contributed by atoms with van der Waals surface area (Å²) in [5.74, 6) is 0.799. The highest BCUT2D eigenvalue weighted by molar-refractivity contribution is 7.98. The normalized spacial score (nSPS) is 21.2. The van der Waals surface area contributed by atoms with Gasteiger partial charge in [-0.05, 0) is 6.26 Å². The second-order valence-corrected chi connectivity index (χ2v) is 5.19. The van der Waals surface area contributed by atoms with Crippen LogP contribution in [0.15, 0.2) is 0 Å². The molecule has 1 rings (SSSR count). The maximum Gasteiger partial charge on any atom is 0.223 e. The molecule has 1 fully saturated rings. The Morgan fingerprint density at radius 3 is 2.47 bits per heavy atom. The quantitative estimate of drug-likeness (QED) is 0.763. The predicted molar refractivity (Wildman–Crippen MR) is 67.8 cm³/mol. The van der Waals surface area contributed by atoms with Gasteiger partial charge in [-0.25, -0.2) is 0 Å². The Kier molecular flexibility index (Phi) is 5.77. The minimum absolute atomic E-state index is 0.0533. The van der Waals surface area contributed by atoms with Crippen LogP contribution in [-0.2, 0) is 9.59 Å². The van der Waals surface area contributed by atoms with E-state index in [-0.39, 0.29) is 11.8 Å². The number of carbonyl (C=O) groups is 2.